The summed E-state index contributed by atoms with van der Waals surface area (Å²) >= 11 is 2.02. The molecule has 0 bridgehead atoms. The highest BCUT2D eigenvalue weighted by atomic mass is 32.2. The number of hydrogen-bond acceptors (Lipinski definition) is 2. The maximum Gasteiger partial charge on any atom is 0.0887 e. The fourth-order valence-electron chi connectivity index (χ4n) is 5.05. The minimum Gasteiger partial charge on any atom is -0.355 e. The smallest absolute Gasteiger partial charge is 0.0887 e. The summed E-state index contributed by atoms with van der Waals surface area (Å²) in [5.41, 5.74) is 6.87. The molecule has 142 valence electrons. The average Bonchev–Trinajstić information content (AvgIpc) is 3.29. The van der Waals surface area contributed by atoms with E-state index in [2.05, 4.69) is 94.9 Å². The van der Waals surface area contributed by atoms with E-state index in [9.17, 15) is 0 Å². The number of thioether (sulfide) groups is 1. The molecule has 0 unspecified atom stereocenters. The molecule has 4 aromatic rings. The van der Waals surface area contributed by atoms with Crippen molar-refractivity contribution in [3.63, 3.8) is 0 Å². The van der Waals surface area contributed by atoms with E-state index in [0.717, 1.165) is 13.0 Å². The maximum absolute atomic E-state index is 4.04. The van der Waals surface area contributed by atoms with Crippen LogP contribution in [0.25, 0.3) is 16.6 Å². The van der Waals surface area contributed by atoms with Crippen LogP contribution in [0.2, 0.25) is 0 Å². The quantitative estimate of drug-likeness (QED) is 0.372. The second-order valence-electron chi connectivity index (χ2n) is 7.80. The van der Waals surface area contributed by atoms with E-state index >= 15 is 0 Å². The van der Waals surface area contributed by atoms with Gasteiger partial charge in [0.15, 0.2) is 0 Å². The third kappa shape index (κ3) is 2.44. The zero-order chi connectivity index (χ0) is 19.4. The summed E-state index contributed by atoms with van der Waals surface area (Å²) < 4.78 is 2.46. The van der Waals surface area contributed by atoms with E-state index in [-0.39, 0.29) is 0 Å². The van der Waals surface area contributed by atoms with Crippen LogP contribution in [0.1, 0.15) is 17.0 Å². The van der Waals surface area contributed by atoms with Gasteiger partial charge in [-0.1, -0.05) is 72.4 Å². The van der Waals surface area contributed by atoms with E-state index in [1.54, 1.807) is 0 Å². The number of anilines is 1. The number of nitrogens with zero attached hydrogens (tertiary/aromatic N) is 2. The third-order valence-electron chi connectivity index (χ3n) is 6.20. The first-order valence-electron chi connectivity index (χ1n) is 10.2. The lowest BCUT2D eigenvalue weighted by Crippen LogP contribution is -2.40. The van der Waals surface area contributed by atoms with Gasteiger partial charge in [0.05, 0.1) is 15.9 Å². The molecule has 0 saturated carbocycles. The minimum absolute atomic E-state index is 0.410. The van der Waals surface area contributed by atoms with Crippen LogP contribution in [-0.4, -0.2) is 16.5 Å². The highest BCUT2D eigenvalue weighted by molar-refractivity contribution is 8.00. The molecule has 1 aromatic heterocycles. The molecular formula is C26H22N2S. The molecule has 2 atom stereocenters. The summed E-state index contributed by atoms with van der Waals surface area (Å²) in [4.78, 5) is 2.55. The zero-order valence-electron chi connectivity index (χ0n) is 16.2. The molecule has 0 fully saturated rings. The molecule has 0 spiro atoms. The predicted octanol–water partition coefficient (Wildman–Crippen LogP) is 6.39. The van der Waals surface area contributed by atoms with Crippen LogP contribution in [0, 0.1) is 0 Å². The standard InChI is InChI=1S/C26H22N2S/c1-2-16-27-22-14-8-6-10-18(22)17-21-24-20-13-7-9-15-23(20)28(26(24)29-25(21)27)19-11-4-3-5-12-19/h2-15,21,25H,1,16-17H2/t21-,25+/m0/s1. The van der Waals surface area contributed by atoms with Gasteiger partial charge in [0.1, 0.15) is 0 Å². The van der Waals surface area contributed by atoms with Gasteiger partial charge < -0.3 is 9.47 Å². The normalized spacial score (nSPS) is 19.7. The Morgan fingerprint density at radius 1 is 0.931 bits per heavy atom. The van der Waals surface area contributed by atoms with Crippen molar-refractivity contribution >= 4 is 28.4 Å². The van der Waals surface area contributed by atoms with Crippen molar-refractivity contribution in [3.05, 3.63) is 103 Å². The zero-order valence-corrected chi connectivity index (χ0v) is 17.0. The number of para-hydroxylation sites is 3. The summed E-state index contributed by atoms with van der Waals surface area (Å²) in [6, 6.07) is 28.5. The van der Waals surface area contributed by atoms with Gasteiger partial charge in [-0.3, -0.25) is 0 Å². The largest absolute Gasteiger partial charge is 0.355 e. The minimum atomic E-state index is 0.410. The maximum atomic E-state index is 4.04. The SMILES string of the molecule is C=CCN1c2ccccc2C[C@H]2c3c(n(-c4ccccc4)c4ccccc34)S[C@H]21. The lowest BCUT2D eigenvalue weighted by atomic mass is 9.87. The second kappa shape index (κ2) is 6.57. The van der Waals surface area contributed by atoms with Crippen molar-refractivity contribution in [2.75, 3.05) is 11.4 Å². The highest BCUT2D eigenvalue weighted by Crippen LogP contribution is 2.56. The van der Waals surface area contributed by atoms with E-state index in [1.165, 1.54) is 38.4 Å². The van der Waals surface area contributed by atoms with Crippen LogP contribution >= 0.6 is 11.8 Å². The van der Waals surface area contributed by atoms with Crippen LogP contribution in [0.3, 0.4) is 0 Å². The van der Waals surface area contributed by atoms with Gasteiger partial charge in [0.2, 0.25) is 0 Å². The Morgan fingerprint density at radius 3 is 2.55 bits per heavy atom. The number of rotatable bonds is 3. The second-order valence-corrected chi connectivity index (χ2v) is 8.90. The van der Waals surface area contributed by atoms with Crippen molar-refractivity contribution in [1.29, 1.82) is 0 Å². The van der Waals surface area contributed by atoms with Crippen LogP contribution in [0.15, 0.2) is 96.5 Å². The summed E-state index contributed by atoms with van der Waals surface area (Å²) in [6.45, 7) is 4.91. The number of benzene rings is 3. The molecule has 6 rings (SSSR count). The van der Waals surface area contributed by atoms with Crippen LogP contribution < -0.4 is 4.90 Å². The molecule has 3 aromatic carbocycles. The Morgan fingerprint density at radius 2 is 1.69 bits per heavy atom. The van der Waals surface area contributed by atoms with Gasteiger partial charge in [-0.05, 0) is 41.8 Å². The molecule has 2 aliphatic rings. The van der Waals surface area contributed by atoms with Crippen molar-refractivity contribution in [2.24, 2.45) is 0 Å². The summed E-state index contributed by atoms with van der Waals surface area (Å²) in [7, 11) is 0. The van der Waals surface area contributed by atoms with Crippen LogP contribution in [0.5, 0.6) is 0 Å². The highest BCUT2D eigenvalue weighted by Gasteiger charge is 2.44. The summed E-state index contributed by atoms with van der Waals surface area (Å²) in [5, 5.41) is 3.20. The topological polar surface area (TPSA) is 8.17 Å². The summed E-state index contributed by atoms with van der Waals surface area (Å²) in [6.07, 6.45) is 3.13. The summed E-state index contributed by atoms with van der Waals surface area (Å²) in [5.74, 6) is 0.486. The Hall–Kier alpha value is -2.91. The van der Waals surface area contributed by atoms with Crippen molar-refractivity contribution in [1.82, 2.24) is 4.57 Å². The number of hydrogen-bond donors (Lipinski definition) is 0. The van der Waals surface area contributed by atoms with Gasteiger partial charge in [0, 0.05) is 29.2 Å². The molecular weight excluding hydrogens is 372 g/mol. The first-order chi connectivity index (χ1) is 14.4. The van der Waals surface area contributed by atoms with Crippen LogP contribution in [0.4, 0.5) is 5.69 Å². The molecule has 0 radical (unpaired) electrons. The van der Waals surface area contributed by atoms with E-state index in [4.69, 9.17) is 0 Å². The van der Waals surface area contributed by atoms with Gasteiger partial charge in [-0.2, -0.15) is 0 Å². The van der Waals surface area contributed by atoms with Crippen LogP contribution in [-0.2, 0) is 6.42 Å². The van der Waals surface area contributed by atoms with E-state index in [0.29, 0.717) is 11.3 Å². The molecule has 2 nitrogen and oxygen atoms in total. The fraction of sp³-hybridized carbons (Fsp3) is 0.154. The first kappa shape index (κ1) is 17.0. The Balaban J connectivity index is 1.59. The van der Waals surface area contributed by atoms with Crippen molar-refractivity contribution in [2.45, 2.75) is 22.7 Å². The lowest BCUT2D eigenvalue weighted by Gasteiger charge is -2.39. The molecule has 0 saturated heterocycles. The van der Waals surface area contributed by atoms with Gasteiger partial charge in [-0.15, -0.1) is 6.58 Å². The van der Waals surface area contributed by atoms with Gasteiger partial charge >= 0.3 is 0 Å². The molecule has 2 aliphatic heterocycles. The Labute approximate surface area is 175 Å². The molecule has 29 heavy (non-hydrogen) atoms. The molecule has 0 N–H and O–H groups in total. The number of aromatic nitrogens is 1. The Kier molecular flexibility index (Phi) is 3.85. The predicted molar refractivity (Wildman–Crippen MR) is 123 cm³/mol. The van der Waals surface area contributed by atoms with Crippen molar-refractivity contribution in [3.8, 4) is 5.69 Å². The number of fused-ring (bicyclic) bond motifs is 6. The molecule has 3 heterocycles. The van der Waals surface area contributed by atoms with E-state index < -0.39 is 0 Å². The monoisotopic (exact) mass is 394 g/mol. The molecule has 0 aliphatic carbocycles. The Bertz CT molecular complexity index is 1220. The van der Waals surface area contributed by atoms with Gasteiger partial charge in [-0.25, -0.2) is 0 Å². The van der Waals surface area contributed by atoms with Gasteiger partial charge in [0.25, 0.3) is 0 Å². The first-order valence-corrected chi connectivity index (χ1v) is 11.1. The third-order valence-corrected chi connectivity index (χ3v) is 7.65. The van der Waals surface area contributed by atoms with E-state index in [1.807, 2.05) is 17.8 Å². The molecule has 0 amide bonds. The fourth-order valence-corrected chi connectivity index (χ4v) is 6.70. The van der Waals surface area contributed by atoms with Crippen molar-refractivity contribution < 1.29 is 0 Å². The molecule has 3 heteroatoms. The lowest BCUT2D eigenvalue weighted by molar-refractivity contribution is 0.600. The average molecular weight is 395 g/mol.